The van der Waals surface area contributed by atoms with Gasteiger partial charge in [0.15, 0.2) is 5.69 Å². The maximum atomic E-state index is 13.6. The molecule has 0 aliphatic rings. The van der Waals surface area contributed by atoms with Crippen LogP contribution < -0.4 is 5.32 Å². The van der Waals surface area contributed by atoms with E-state index in [9.17, 15) is 50.0 Å². The van der Waals surface area contributed by atoms with E-state index in [-0.39, 0.29) is 4.68 Å². The van der Waals surface area contributed by atoms with Gasteiger partial charge >= 0.3 is 18.3 Å². The van der Waals surface area contributed by atoms with Crippen LogP contribution in [0.5, 0.6) is 0 Å². The molecule has 16 heteroatoms. The molecule has 0 saturated heterocycles. The first kappa shape index (κ1) is 23.5. The molecule has 0 unspecified atom stereocenters. The van der Waals surface area contributed by atoms with Crippen molar-refractivity contribution in [3.8, 4) is 6.07 Å². The van der Waals surface area contributed by atoms with Crippen LogP contribution in [-0.4, -0.2) is 26.8 Å². The van der Waals surface area contributed by atoms with Crippen LogP contribution in [0.4, 0.5) is 46.6 Å². The Morgan fingerprint density at radius 1 is 1.19 bits per heavy atom. The first-order valence-corrected chi connectivity index (χ1v) is 7.61. The number of alkyl halides is 8. The van der Waals surface area contributed by atoms with Crippen molar-refractivity contribution in [1.29, 1.82) is 5.26 Å². The Balaban J connectivity index is 2.61. The molecule has 1 aromatic heterocycles. The van der Waals surface area contributed by atoms with Gasteiger partial charge in [-0.2, -0.15) is 45.5 Å². The SMILES string of the molecule is Cn1nc(C(F)(F)C(F)(F)F)c(C(F)(F)F)c1NC(=O)c1ccc(C#N)c([N+](=O)[O-])c1. The van der Waals surface area contributed by atoms with E-state index in [0.29, 0.717) is 13.1 Å². The fourth-order valence-electron chi connectivity index (χ4n) is 2.39. The van der Waals surface area contributed by atoms with Crippen LogP contribution in [0.15, 0.2) is 18.2 Å². The zero-order valence-corrected chi connectivity index (χ0v) is 14.8. The Labute approximate surface area is 165 Å². The van der Waals surface area contributed by atoms with Crippen molar-refractivity contribution in [2.45, 2.75) is 18.3 Å². The molecule has 0 aliphatic heterocycles. The highest BCUT2D eigenvalue weighted by Gasteiger charge is 2.64. The van der Waals surface area contributed by atoms with Gasteiger partial charge in [0.2, 0.25) is 0 Å². The van der Waals surface area contributed by atoms with E-state index in [1.54, 1.807) is 0 Å². The molecule has 0 aliphatic carbocycles. The van der Waals surface area contributed by atoms with Crippen molar-refractivity contribution >= 4 is 17.4 Å². The van der Waals surface area contributed by atoms with Gasteiger partial charge in [-0.05, 0) is 12.1 Å². The minimum Gasteiger partial charge on any atom is -0.306 e. The lowest BCUT2D eigenvalue weighted by Crippen LogP contribution is -2.36. The van der Waals surface area contributed by atoms with E-state index in [1.807, 2.05) is 0 Å². The average Bonchev–Trinajstić information content (AvgIpc) is 2.97. The third kappa shape index (κ3) is 4.25. The van der Waals surface area contributed by atoms with Crippen LogP contribution in [0.1, 0.15) is 27.2 Å². The molecule has 2 rings (SSSR count). The lowest BCUT2D eigenvalue weighted by atomic mass is 10.1. The number of halogens is 8. The predicted octanol–water partition coefficient (Wildman–Crippen LogP) is 4.13. The normalized spacial score (nSPS) is 12.4. The monoisotopic (exact) mass is 457 g/mol. The lowest BCUT2D eigenvalue weighted by molar-refractivity contribution is -0.385. The van der Waals surface area contributed by atoms with E-state index in [1.165, 1.54) is 11.4 Å². The topological polar surface area (TPSA) is 114 Å². The summed E-state index contributed by atoms with van der Waals surface area (Å²) in [7, 11) is 0.571. The number of aromatic nitrogens is 2. The second kappa shape index (κ2) is 7.49. The molecule has 2 aromatic rings. The first-order chi connectivity index (χ1) is 14.0. The van der Waals surface area contributed by atoms with E-state index in [4.69, 9.17) is 5.26 Å². The maximum Gasteiger partial charge on any atom is 0.459 e. The number of benzene rings is 1. The molecule has 1 amide bonds. The standard InChI is InChI=1S/C15H7F8N5O3/c1-27-11(9(14(18,19)20)10(26-27)13(16,17)15(21,22)23)25-12(29)6-2-3-7(5-24)8(4-6)28(30)31/h2-4H,1H3,(H,25,29). The molecule has 1 aromatic carbocycles. The summed E-state index contributed by atoms with van der Waals surface area (Å²) in [5.41, 5.74) is -7.29. The predicted molar refractivity (Wildman–Crippen MR) is 83.9 cm³/mol. The fraction of sp³-hybridized carbons (Fsp3) is 0.267. The number of carbonyl (C=O) groups excluding carboxylic acids is 1. The quantitative estimate of drug-likeness (QED) is 0.422. The molecule has 0 saturated carbocycles. The number of aryl methyl sites for hydroxylation is 1. The van der Waals surface area contributed by atoms with Crippen molar-refractivity contribution in [3.05, 3.63) is 50.7 Å². The van der Waals surface area contributed by atoms with Crippen molar-refractivity contribution in [1.82, 2.24) is 9.78 Å². The van der Waals surface area contributed by atoms with Gasteiger partial charge in [-0.25, -0.2) is 0 Å². The molecular weight excluding hydrogens is 450 g/mol. The summed E-state index contributed by atoms with van der Waals surface area (Å²) in [5.74, 6) is -9.09. The summed E-state index contributed by atoms with van der Waals surface area (Å²) < 4.78 is 105. The Kier molecular flexibility index (Phi) is 5.68. The molecule has 0 atom stereocenters. The number of rotatable bonds is 4. The molecule has 1 N–H and O–H groups in total. The Bertz CT molecular complexity index is 1100. The smallest absolute Gasteiger partial charge is 0.306 e. The average molecular weight is 457 g/mol. The number of nitrogens with one attached hydrogen (secondary N) is 1. The Morgan fingerprint density at radius 2 is 1.77 bits per heavy atom. The molecule has 166 valence electrons. The third-order valence-corrected chi connectivity index (χ3v) is 3.79. The largest absolute Gasteiger partial charge is 0.459 e. The van der Waals surface area contributed by atoms with Gasteiger partial charge in [0.05, 0.1) is 4.92 Å². The van der Waals surface area contributed by atoms with Crippen LogP contribution in [0.2, 0.25) is 0 Å². The molecule has 0 fully saturated rings. The molecule has 0 radical (unpaired) electrons. The number of hydrogen-bond acceptors (Lipinski definition) is 5. The summed E-state index contributed by atoms with van der Waals surface area (Å²) in [4.78, 5) is 22.1. The molecule has 0 bridgehead atoms. The number of anilines is 1. The van der Waals surface area contributed by atoms with Gasteiger partial charge in [0.25, 0.3) is 11.6 Å². The molecular formula is C15H7F8N5O3. The Morgan fingerprint density at radius 3 is 2.23 bits per heavy atom. The van der Waals surface area contributed by atoms with Crippen molar-refractivity contribution < 1.29 is 44.8 Å². The maximum absolute atomic E-state index is 13.6. The van der Waals surface area contributed by atoms with Crippen LogP contribution in [-0.2, 0) is 19.1 Å². The summed E-state index contributed by atoms with van der Waals surface area (Å²) in [5, 5.41) is 23.8. The second-order valence-corrected chi connectivity index (χ2v) is 5.82. The Hall–Kier alpha value is -3.77. The highest BCUT2D eigenvalue weighted by atomic mass is 19.4. The zero-order valence-electron chi connectivity index (χ0n) is 14.8. The second-order valence-electron chi connectivity index (χ2n) is 5.82. The van der Waals surface area contributed by atoms with Crippen molar-refractivity contribution in [2.75, 3.05) is 5.32 Å². The van der Waals surface area contributed by atoms with Gasteiger partial charge in [0, 0.05) is 18.7 Å². The zero-order chi connectivity index (χ0) is 23.9. The van der Waals surface area contributed by atoms with Gasteiger partial charge in [-0.15, -0.1) is 0 Å². The summed E-state index contributed by atoms with van der Waals surface area (Å²) in [6, 6.07) is 3.55. The summed E-state index contributed by atoms with van der Waals surface area (Å²) >= 11 is 0. The molecule has 31 heavy (non-hydrogen) atoms. The van der Waals surface area contributed by atoms with Crippen molar-refractivity contribution in [2.24, 2.45) is 7.05 Å². The van der Waals surface area contributed by atoms with Crippen LogP contribution in [0.3, 0.4) is 0 Å². The molecule has 1 heterocycles. The fourth-order valence-corrected chi connectivity index (χ4v) is 2.39. The number of nitriles is 1. The number of nitro groups is 1. The van der Waals surface area contributed by atoms with Crippen molar-refractivity contribution in [3.63, 3.8) is 0 Å². The summed E-state index contributed by atoms with van der Waals surface area (Å²) in [6.45, 7) is 0. The van der Waals surface area contributed by atoms with Crippen LogP contribution in [0, 0.1) is 21.4 Å². The van der Waals surface area contributed by atoms with Gasteiger partial charge in [0.1, 0.15) is 23.0 Å². The highest BCUT2D eigenvalue weighted by Crippen LogP contribution is 2.49. The first-order valence-electron chi connectivity index (χ1n) is 7.61. The minimum atomic E-state index is -6.42. The van der Waals surface area contributed by atoms with Crippen LogP contribution in [0.25, 0.3) is 0 Å². The number of carbonyl (C=O) groups is 1. The number of nitrogens with zero attached hydrogens (tertiary/aromatic N) is 4. The molecule has 0 spiro atoms. The minimum absolute atomic E-state index is 0.0479. The van der Waals surface area contributed by atoms with E-state index in [0.717, 1.165) is 12.1 Å². The van der Waals surface area contributed by atoms with Crippen LogP contribution >= 0.6 is 0 Å². The van der Waals surface area contributed by atoms with Gasteiger partial charge in [-0.3, -0.25) is 19.6 Å². The summed E-state index contributed by atoms with van der Waals surface area (Å²) in [6.07, 6.45) is -12.2. The number of amides is 1. The van der Waals surface area contributed by atoms with E-state index >= 15 is 0 Å². The number of nitro benzene ring substituents is 1. The van der Waals surface area contributed by atoms with E-state index < -0.39 is 63.0 Å². The van der Waals surface area contributed by atoms with E-state index in [2.05, 4.69) is 5.10 Å². The van der Waals surface area contributed by atoms with Gasteiger partial charge in [-0.1, -0.05) is 0 Å². The number of hydrogen-bond donors (Lipinski definition) is 1. The van der Waals surface area contributed by atoms with Gasteiger partial charge < -0.3 is 5.32 Å². The third-order valence-electron chi connectivity index (χ3n) is 3.79. The lowest BCUT2D eigenvalue weighted by Gasteiger charge is -2.19. The molecule has 8 nitrogen and oxygen atoms in total. The highest BCUT2D eigenvalue weighted by molar-refractivity contribution is 6.04.